The van der Waals surface area contributed by atoms with Crippen LogP contribution in [-0.2, 0) is 11.5 Å². The van der Waals surface area contributed by atoms with Crippen LogP contribution in [0.25, 0.3) is 0 Å². The fourth-order valence-corrected chi connectivity index (χ4v) is 1.80. The number of nitrogens with zero attached hydrogens (tertiary/aromatic N) is 1. The first-order valence-corrected chi connectivity index (χ1v) is 5.78. The molecule has 0 amide bonds. The minimum Gasteiger partial charge on any atom is -0.405 e. The zero-order valence-electron chi connectivity index (χ0n) is 9.12. The third-order valence-corrected chi connectivity index (χ3v) is 2.52. The molecule has 0 unspecified atom stereocenters. The van der Waals surface area contributed by atoms with Gasteiger partial charge in [-0.05, 0) is 0 Å². The van der Waals surface area contributed by atoms with Gasteiger partial charge in [0.05, 0.1) is 0 Å². The van der Waals surface area contributed by atoms with Gasteiger partial charge in [0.1, 0.15) is 11.4 Å². The molecule has 1 aromatic rings. The molecule has 1 aromatic heterocycles. The Bertz CT molecular complexity index is 484. The Morgan fingerprint density at radius 2 is 1.70 bits per heavy atom. The summed E-state index contributed by atoms with van der Waals surface area (Å²) in [5.41, 5.74) is -4.33. The Kier molecular flexibility index (Phi) is 4.82. The fraction of sp³-hybridized carbons (Fsp3) is 0.444. The molecule has 0 aliphatic rings. The largest absolute Gasteiger partial charge is 0.573 e. The molecule has 0 bridgehead atoms. The van der Waals surface area contributed by atoms with E-state index in [0.29, 0.717) is 0 Å². The molecule has 2 nitrogen and oxygen atoms in total. The summed E-state index contributed by atoms with van der Waals surface area (Å²) in [5, 5.41) is -0.705. The summed E-state index contributed by atoms with van der Waals surface area (Å²) in [6.07, 6.45) is -14.0. The summed E-state index contributed by atoms with van der Waals surface area (Å²) in [5.74, 6) is -1.37. The summed E-state index contributed by atoms with van der Waals surface area (Å²) in [6.45, 7) is 0. The number of rotatable bonds is 3. The average Bonchev–Trinajstić information content (AvgIpc) is 2.24. The molecule has 0 saturated carbocycles. The lowest BCUT2D eigenvalue weighted by atomic mass is 10.1. The second-order valence-electron chi connectivity index (χ2n) is 3.35. The molecular weight excluding hydrogens is 370 g/mol. The number of halogens is 9. The molecule has 0 fully saturated rings. The van der Waals surface area contributed by atoms with Gasteiger partial charge in [-0.3, -0.25) is 0 Å². The van der Waals surface area contributed by atoms with Crippen LogP contribution in [0.1, 0.15) is 23.4 Å². The Hall–Kier alpha value is -1.13. The molecule has 0 aliphatic carbocycles. The van der Waals surface area contributed by atoms with E-state index in [1.165, 1.54) is 0 Å². The van der Waals surface area contributed by atoms with E-state index < -0.39 is 47.0 Å². The van der Waals surface area contributed by atoms with E-state index in [1.807, 2.05) is 0 Å². The van der Waals surface area contributed by atoms with Crippen LogP contribution >= 0.6 is 15.9 Å². The second kappa shape index (κ2) is 5.70. The first-order chi connectivity index (χ1) is 8.95. The van der Waals surface area contributed by atoms with Gasteiger partial charge < -0.3 is 4.74 Å². The lowest BCUT2D eigenvalue weighted by Crippen LogP contribution is -2.21. The van der Waals surface area contributed by atoms with Crippen molar-refractivity contribution in [2.75, 3.05) is 0 Å². The highest BCUT2D eigenvalue weighted by Crippen LogP contribution is 2.39. The predicted octanol–water partition coefficient (Wildman–Crippen LogP) is 4.83. The standard InChI is InChI=1S/C9H4BrF8NO/c10-2-3-5(20-9(16,17)18)1-4(7(11)12)19-6(3)8(13,14)15/h1,7H,2H2. The Labute approximate surface area is 114 Å². The van der Waals surface area contributed by atoms with E-state index in [1.54, 1.807) is 0 Å². The molecule has 0 aromatic carbocycles. The third-order valence-electron chi connectivity index (χ3n) is 1.95. The smallest absolute Gasteiger partial charge is 0.405 e. The third kappa shape index (κ3) is 4.18. The number of hydrogen-bond acceptors (Lipinski definition) is 2. The molecule has 0 N–H and O–H groups in total. The molecule has 11 heteroatoms. The van der Waals surface area contributed by atoms with Gasteiger partial charge in [-0.25, -0.2) is 13.8 Å². The van der Waals surface area contributed by atoms with Crippen LogP contribution in [-0.4, -0.2) is 11.3 Å². The van der Waals surface area contributed by atoms with Crippen LogP contribution in [0.5, 0.6) is 5.75 Å². The molecule has 0 saturated heterocycles. The monoisotopic (exact) mass is 373 g/mol. The van der Waals surface area contributed by atoms with Crippen LogP contribution in [0, 0.1) is 0 Å². The van der Waals surface area contributed by atoms with E-state index in [9.17, 15) is 35.1 Å². The minimum atomic E-state index is -5.32. The summed E-state index contributed by atoms with van der Waals surface area (Å²) in [6, 6.07) is 0.129. The Balaban J connectivity index is 3.51. The highest BCUT2D eigenvalue weighted by atomic mass is 79.9. The summed E-state index contributed by atoms with van der Waals surface area (Å²) >= 11 is 2.55. The first-order valence-electron chi connectivity index (χ1n) is 4.66. The molecular formula is C9H4BrF8NO. The van der Waals surface area contributed by atoms with Crippen LogP contribution in [0.2, 0.25) is 0 Å². The van der Waals surface area contributed by atoms with Gasteiger partial charge in [-0.15, -0.1) is 13.2 Å². The predicted molar refractivity (Wildman–Crippen MR) is 53.5 cm³/mol. The van der Waals surface area contributed by atoms with Gasteiger partial charge in [0.15, 0.2) is 5.69 Å². The summed E-state index contributed by atoms with van der Waals surface area (Å²) in [4.78, 5) is 2.65. The first kappa shape index (κ1) is 16.9. The van der Waals surface area contributed by atoms with Gasteiger partial charge in [0, 0.05) is 17.0 Å². The van der Waals surface area contributed by atoms with E-state index in [2.05, 4.69) is 25.7 Å². The van der Waals surface area contributed by atoms with Crippen molar-refractivity contribution in [2.24, 2.45) is 0 Å². The topological polar surface area (TPSA) is 22.1 Å². The zero-order valence-corrected chi connectivity index (χ0v) is 10.7. The molecule has 0 radical (unpaired) electrons. The zero-order chi connectivity index (χ0) is 15.7. The highest BCUT2D eigenvalue weighted by Gasteiger charge is 2.40. The maximum Gasteiger partial charge on any atom is 0.573 e. The number of ether oxygens (including phenoxy) is 1. The van der Waals surface area contributed by atoms with Gasteiger partial charge in [0.2, 0.25) is 0 Å². The van der Waals surface area contributed by atoms with Crippen molar-refractivity contribution in [3.8, 4) is 5.75 Å². The van der Waals surface area contributed by atoms with Crippen LogP contribution < -0.4 is 4.74 Å². The molecule has 1 rings (SSSR count). The lowest BCUT2D eigenvalue weighted by molar-refractivity contribution is -0.275. The van der Waals surface area contributed by atoms with Crippen molar-refractivity contribution >= 4 is 15.9 Å². The van der Waals surface area contributed by atoms with E-state index >= 15 is 0 Å². The van der Waals surface area contributed by atoms with E-state index in [4.69, 9.17) is 0 Å². The van der Waals surface area contributed by atoms with Gasteiger partial charge in [-0.1, -0.05) is 15.9 Å². The molecule has 114 valence electrons. The number of alkyl halides is 9. The maximum atomic E-state index is 12.6. The quantitative estimate of drug-likeness (QED) is 0.559. The Morgan fingerprint density at radius 3 is 2.05 bits per heavy atom. The normalized spacial score (nSPS) is 12.9. The molecule has 0 atom stereocenters. The number of hydrogen-bond donors (Lipinski definition) is 0. The number of aromatic nitrogens is 1. The molecule has 0 aliphatic heterocycles. The summed E-state index contributed by atoms with van der Waals surface area (Å²) < 4.78 is 102. The maximum absolute atomic E-state index is 12.6. The van der Waals surface area contributed by atoms with Crippen molar-refractivity contribution in [1.29, 1.82) is 0 Å². The molecule has 1 heterocycles. The van der Waals surface area contributed by atoms with Crippen molar-refractivity contribution < 1.29 is 39.9 Å². The van der Waals surface area contributed by atoms with Crippen molar-refractivity contribution in [3.63, 3.8) is 0 Å². The van der Waals surface area contributed by atoms with Crippen molar-refractivity contribution in [1.82, 2.24) is 4.98 Å². The van der Waals surface area contributed by atoms with Crippen molar-refractivity contribution in [3.05, 3.63) is 23.0 Å². The molecule has 20 heavy (non-hydrogen) atoms. The fourth-order valence-electron chi connectivity index (χ4n) is 1.26. The SMILES string of the molecule is FC(F)c1cc(OC(F)(F)F)c(CBr)c(C(F)(F)F)n1. The second-order valence-corrected chi connectivity index (χ2v) is 3.91. The van der Waals surface area contributed by atoms with Gasteiger partial charge in [0.25, 0.3) is 6.43 Å². The molecule has 0 spiro atoms. The highest BCUT2D eigenvalue weighted by molar-refractivity contribution is 9.08. The van der Waals surface area contributed by atoms with E-state index in [-0.39, 0.29) is 6.07 Å². The van der Waals surface area contributed by atoms with Crippen LogP contribution in [0.15, 0.2) is 6.07 Å². The minimum absolute atomic E-state index is 0.129. The number of pyridine rings is 1. The lowest BCUT2D eigenvalue weighted by Gasteiger charge is -2.17. The van der Waals surface area contributed by atoms with Gasteiger partial charge >= 0.3 is 12.5 Å². The Morgan fingerprint density at radius 1 is 1.15 bits per heavy atom. The van der Waals surface area contributed by atoms with Gasteiger partial charge in [-0.2, -0.15) is 13.2 Å². The van der Waals surface area contributed by atoms with Crippen LogP contribution in [0.3, 0.4) is 0 Å². The van der Waals surface area contributed by atoms with E-state index in [0.717, 1.165) is 0 Å². The summed E-state index contributed by atoms with van der Waals surface area (Å²) in [7, 11) is 0. The average molecular weight is 374 g/mol. The van der Waals surface area contributed by atoms with Crippen molar-refractivity contribution in [2.45, 2.75) is 24.3 Å². The van der Waals surface area contributed by atoms with Crippen LogP contribution in [0.4, 0.5) is 35.1 Å².